The summed E-state index contributed by atoms with van der Waals surface area (Å²) in [5.74, 6) is 0.688. The third-order valence-electron chi connectivity index (χ3n) is 2.91. The first kappa shape index (κ1) is 10.7. The highest BCUT2D eigenvalue weighted by molar-refractivity contribution is 4.98. The predicted molar refractivity (Wildman–Crippen MR) is 55.8 cm³/mol. The minimum Gasteiger partial charge on any atom is -0.381 e. The van der Waals surface area contributed by atoms with Crippen molar-refractivity contribution in [2.45, 2.75) is 32.2 Å². The van der Waals surface area contributed by atoms with Crippen LogP contribution in [-0.4, -0.2) is 26.3 Å². The summed E-state index contributed by atoms with van der Waals surface area (Å²) in [6.45, 7) is 8.07. The van der Waals surface area contributed by atoms with Crippen LogP contribution < -0.4 is 5.32 Å². The van der Waals surface area contributed by atoms with Gasteiger partial charge in [0.15, 0.2) is 0 Å². The minimum atomic E-state index is 0.565. The molecule has 0 aliphatic carbocycles. The average molecular weight is 183 g/mol. The Bertz CT molecular complexity index is 161. The van der Waals surface area contributed by atoms with Crippen molar-refractivity contribution >= 4 is 0 Å². The molecule has 13 heavy (non-hydrogen) atoms. The van der Waals surface area contributed by atoms with Gasteiger partial charge in [-0.3, -0.25) is 0 Å². The van der Waals surface area contributed by atoms with Crippen molar-refractivity contribution in [1.29, 1.82) is 0 Å². The van der Waals surface area contributed by atoms with Crippen LogP contribution in [-0.2, 0) is 4.74 Å². The third kappa shape index (κ3) is 3.12. The van der Waals surface area contributed by atoms with Gasteiger partial charge < -0.3 is 10.1 Å². The number of ether oxygens (including phenoxy) is 1. The Morgan fingerprint density at radius 2 is 2.46 bits per heavy atom. The normalized spacial score (nSPS) is 24.6. The molecule has 1 fully saturated rings. The fourth-order valence-corrected chi connectivity index (χ4v) is 1.83. The number of hydrogen-bond acceptors (Lipinski definition) is 2. The molecule has 0 aromatic heterocycles. The zero-order chi connectivity index (χ0) is 9.68. The molecule has 2 atom stereocenters. The minimum absolute atomic E-state index is 0.565. The molecule has 0 amide bonds. The van der Waals surface area contributed by atoms with Gasteiger partial charge in [-0.15, -0.1) is 0 Å². The largest absolute Gasteiger partial charge is 0.381 e. The second-order valence-corrected chi connectivity index (χ2v) is 3.83. The van der Waals surface area contributed by atoms with E-state index in [-0.39, 0.29) is 0 Å². The maximum absolute atomic E-state index is 5.39. The molecule has 1 aliphatic rings. The standard InChI is InChI=1S/C11H21NO/c1-4-9(2)7-11(12-3)10-5-6-13-8-10/h10-12H,2,4-8H2,1,3H3. The van der Waals surface area contributed by atoms with Crippen molar-refractivity contribution in [3.05, 3.63) is 12.2 Å². The van der Waals surface area contributed by atoms with Gasteiger partial charge in [0, 0.05) is 18.6 Å². The molecular formula is C11H21NO. The maximum atomic E-state index is 5.39. The highest BCUT2D eigenvalue weighted by atomic mass is 16.5. The molecule has 1 heterocycles. The third-order valence-corrected chi connectivity index (χ3v) is 2.91. The van der Waals surface area contributed by atoms with Crippen molar-refractivity contribution in [1.82, 2.24) is 5.32 Å². The molecule has 0 spiro atoms. The molecule has 0 aromatic carbocycles. The Kier molecular flexibility index (Phi) is 4.46. The molecule has 1 aliphatic heterocycles. The molecule has 1 saturated heterocycles. The van der Waals surface area contributed by atoms with E-state index in [1.807, 2.05) is 7.05 Å². The van der Waals surface area contributed by atoms with E-state index in [1.54, 1.807) is 0 Å². The van der Waals surface area contributed by atoms with Gasteiger partial charge in [0.1, 0.15) is 0 Å². The van der Waals surface area contributed by atoms with E-state index in [9.17, 15) is 0 Å². The fourth-order valence-electron chi connectivity index (χ4n) is 1.83. The Balaban J connectivity index is 2.37. The summed E-state index contributed by atoms with van der Waals surface area (Å²) in [4.78, 5) is 0. The highest BCUT2D eigenvalue weighted by Crippen LogP contribution is 2.21. The van der Waals surface area contributed by atoms with Crippen LogP contribution in [0.25, 0.3) is 0 Å². The molecule has 2 heteroatoms. The lowest BCUT2D eigenvalue weighted by molar-refractivity contribution is 0.177. The zero-order valence-corrected chi connectivity index (χ0v) is 8.81. The van der Waals surface area contributed by atoms with Gasteiger partial charge >= 0.3 is 0 Å². The quantitative estimate of drug-likeness (QED) is 0.658. The summed E-state index contributed by atoms with van der Waals surface area (Å²) in [5.41, 5.74) is 1.34. The zero-order valence-electron chi connectivity index (χ0n) is 8.81. The smallest absolute Gasteiger partial charge is 0.0510 e. The van der Waals surface area contributed by atoms with Crippen LogP contribution in [0.1, 0.15) is 26.2 Å². The summed E-state index contributed by atoms with van der Waals surface area (Å²) in [6, 6.07) is 0.565. The number of hydrogen-bond donors (Lipinski definition) is 1. The summed E-state index contributed by atoms with van der Waals surface area (Å²) in [5, 5.41) is 3.37. The molecule has 2 unspecified atom stereocenters. The fraction of sp³-hybridized carbons (Fsp3) is 0.818. The van der Waals surface area contributed by atoms with E-state index < -0.39 is 0 Å². The van der Waals surface area contributed by atoms with Gasteiger partial charge in [0.05, 0.1) is 6.61 Å². The van der Waals surface area contributed by atoms with Crippen LogP contribution in [0.5, 0.6) is 0 Å². The van der Waals surface area contributed by atoms with Crippen molar-refractivity contribution < 1.29 is 4.74 Å². The van der Waals surface area contributed by atoms with Crippen LogP contribution >= 0.6 is 0 Å². The van der Waals surface area contributed by atoms with Crippen LogP contribution in [0.15, 0.2) is 12.2 Å². The molecule has 0 radical (unpaired) electrons. The molecular weight excluding hydrogens is 162 g/mol. The molecule has 0 saturated carbocycles. The molecule has 1 N–H and O–H groups in total. The van der Waals surface area contributed by atoms with E-state index in [0.29, 0.717) is 12.0 Å². The molecule has 76 valence electrons. The summed E-state index contributed by atoms with van der Waals surface area (Å²) in [7, 11) is 2.03. The van der Waals surface area contributed by atoms with Gasteiger partial charge in [0.25, 0.3) is 0 Å². The van der Waals surface area contributed by atoms with Crippen LogP contribution in [0.3, 0.4) is 0 Å². The Morgan fingerprint density at radius 3 is 2.92 bits per heavy atom. The SMILES string of the molecule is C=C(CC)CC(NC)C1CCOC1. The highest BCUT2D eigenvalue weighted by Gasteiger charge is 2.24. The molecule has 0 bridgehead atoms. The Hall–Kier alpha value is -0.340. The first-order valence-electron chi connectivity index (χ1n) is 5.19. The van der Waals surface area contributed by atoms with Gasteiger partial charge in [-0.25, -0.2) is 0 Å². The summed E-state index contributed by atoms with van der Waals surface area (Å²) >= 11 is 0. The monoisotopic (exact) mass is 183 g/mol. The summed E-state index contributed by atoms with van der Waals surface area (Å²) in [6.07, 6.45) is 3.38. The van der Waals surface area contributed by atoms with Crippen molar-refractivity contribution in [3.63, 3.8) is 0 Å². The lowest BCUT2D eigenvalue weighted by Crippen LogP contribution is -2.34. The van der Waals surface area contributed by atoms with Crippen molar-refractivity contribution in [2.75, 3.05) is 20.3 Å². The first-order chi connectivity index (χ1) is 6.27. The van der Waals surface area contributed by atoms with Gasteiger partial charge in [-0.05, 0) is 26.3 Å². The second kappa shape index (κ2) is 5.40. The molecule has 0 aromatic rings. The summed E-state index contributed by atoms with van der Waals surface area (Å²) < 4.78 is 5.39. The van der Waals surface area contributed by atoms with Crippen LogP contribution in [0.4, 0.5) is 0 Å². The lowest BCUT2D eigenvalue weighted by Gasteiger charge is -2.22. The van der Waals surface area contributed by atoms with Gasteiger partial charge in [0.2, 0.25) is 0 Å². The van der Waals surface area contributed by atoms with Gasteiger partial charge in [-0.2, -0.15) is 0 Å². The molecule has 1 rings (SSSR count). The number of nitrogens with one attached hydrogen (secondary N) is 1. The topological polar surface area (TPSA) is 21.3 Å². The van der Waals surface area contributed by atoms with Crippen LogP contribution in [0.2, 0.25) is 0 Å². The Labute approximate surface area is 81.4 Å². The van der Waals surface area contributed by atoms with E-state index in [2.05, 4.69) is 18.8 Å². The maximum Gasteiger partial charge on any atom is 0.0510 e. The predicted octanol–water partition coefficient (Wildman–Crippen LogP) is 1.97. The van der Waals surface area contributed by atoms with E-state index in [4.69, 9.17) is 4.74 Å². The Morgan fingerprint density at radius 1 is 1.69 bits per heavy atom. The second-order valence-electron chi connectivity index (χ2n) is 3.83. The van der Waals surface area contributed by atoms with E-state index >= 15 is 0 Å². The average Bonchev–Trinajstić information content (AvgIpc) is 2.66. The first-order valence-corrected chi connectivity index (χ1v) is 5.19. The lowest BCUT2D eigenvalue weighted by atomic mass is 9.93. The van der Waals surface area contributed by atoms with E-state index in [0.717, 1.165) is 26.1 Å². The number of rotatable bonds is 5. The van der Waals surface area contributed by atoms with E-state index in [1.165, 1.54) is 12.0 Å². The van der Waals surface area contributed by atoms with Crippen molar-refractivity contribution in [2.24, 2.45) is 5.92 Å². The van der Waals surface area contributed by atoms with Crippen molar-refractivity contribution in [3.8, 4) is 0 Å². The van der Waals surface area contributed by atoms with Crippen LogP contribution in [0, 0.1) is 5.92 Å². The molecule has 2 nitrogen and oxygen atoms in total. The van der Waals surface area contributed by atoms with Gasteiger partial charge in [-0.1, -0.05) is 19.1 Å².